The van der Waals surface area contributed by atoms with Crippen LogP contribution in [0.2, 0.25) is 0 Å². The van der Waals surface area contributed by atoms with Gasteiger partial charge in [0.1, 0.15) is 27.8 Å². The van der Waals surface area contributed by atoms with Crippen LogP contribution < -0.4 is 153 Å². The number of thiophene rings is 1. The molecule has 10 nitrogen and oxygen atoms in total. The first kappa shape index (κ1) is 46.8. The van der Waals surface area contributed by atoms with E-state index in [-0.39, 0.29) is 169 Å². The number of hydrogen-bond donors (Lipinski definition) is 2. The van der Waals surface area contributed by atoms with Crippen LogP contribution in [0.15, 0.2) is 30.3 Å². The third-order valence-electron chi connectivity index (χ3n) is 4.47. The molecule has 0 aliphatic heterocycles. The van der Waals surface area contributed by atoms with Gasteiger partial charge in [0.2, 0.25) is 0 Å². The summed E-state index contributed by atoms with van der Waals surface area (Å²) >= 11 is 5.04. The fourth-order valence-corrected chi connectivity index (χ4v) is 3.89. The van der Waals surface area contributed by atoms with Gasteiger partial charge in [0.25, 0.3) is 6.47 Å². The number of aldehydes is 1. The molecule has 15 heteroatoms. The number of ether oxygens (including phenoxy) is 3. The Kier molecular flexibility index (Phi) is 27.5. The van der Waals surface area contributed by atoms with Crippen LogP contribution in [0.5, 0.6) is 11.5 Å². The minimum absolute atomic E-state index is 0. The Hall–Kier alpha value is 0.424. The zero-order valence-corrected chi connectivity index (χ0v) is 39.4. The van der Waals surface area contributed by atoms with Gasteiger partial charge in [-0.3, -0.25) is 14.4 Å². The van der Waals surface area contributed by atoms with E-state index >= 15 is 0 Å². The van der Waals surface area contributed by atoms with Gasteiger partial charge < -0.3 is 30.9 Å². The average molecular weight is 866 g/mol. The summed E-state index contributed by atoms with van der Waals surface area (Å²) in [7, 11) is 3.09. The van der Waals surface area contributed by atoms with Crippen molar-refractivity contribution < 1.29 is 192 Å². The Morgan fingerprint density at radius 1 is 1.02 bits per heavy atom. The maximum Gasteiger partial charge on any atom is 1.00 e. The number of carbonyl (C=O) groups is 4. The number of aryl methyl sites for hydroxylation is 2. The summed E-state index contributed by atoms with van der Waals surface area (Å²) in [6.07, 6.45) is 0.470. The number of esters is 1. The van der Waals surface area contributed by atoms with Crippen molar-refractivity contribution >= 4 is 58.7 Å². The van der Waals surface area contributed by atoms with Crippen LogP contribution in [0.3, 0.4) is 0 Å². The normalized spacial score (nSPS) is 9.38. The van der Waals surface area contributed by atoms with Crippen LogP contribution in [0.25, 0.3) is 10.1 Å². The molecule has 0 atom stereocenters. The number of methoxy groups -OCH3 is 2. The van der Waals surface area contributed by atoms with Gasteiger partial charge in [-0.2, -0.15) is 12.6 Å². The van der Waals surface area contributed by atoms with E-state index in [1.54, 1.807) is 20.1 Å². The Labute approximate surface area is 373 Å². The maximum absolute atomic E-state index is 12.9. The molecule has 0 spiro atoms. The van der Waals surface area contributed by atoms with E-state index in [2.05, 4.69) is 17.5 Å². The number of carbonyl (C=O) groups excluding carboxylic acids is 3. The monoisotopic (exact) mass is 866 g/mol. The SMILES string of the molecule is CC(C)(C)OC(=O)CS.COc1cc(C=O)c(F)cc1C.COc1cc2cc(C(=O)O)sc2cc1C.O=CO[O-].[Cs+].[Cs+].[H-]. The van der Waals surface area contributed by atoms with Gasteiger partial charge in [-0.05, 0) is 81.5 Å². The van der Waals surface area contributed by atoms with Gasteiger partial charge in [0, 0.05) is 4.70 Å². The molecule has 0 radical (unpaired) electrons. The number of carboxylic acid groups (broad SMARTS) is 1. The molecule has 42 heavy (non-hydrogen) atoms. The number of benzene rings is 2. The van der Waals surface area contributed by atoms with Gasteiger partial charge in [-0.15, -0.1) is 11.3 Å². The Balaban J connectivity index is -0.000000248. The quantitative estimate of drug-likeness (QED) is 0.101. The second-order valence-corrected chi connectivity index (χ2v) is 10.1. The number of thiol groups is 1. The number of carboxylic acids is 1. The van der Waals surface area contributed by atoms with Crippen LogP contribution >= 0.6 is 24.0 Å². The third-order valence-corrected chi connectivity index (χ3v) is 5.82. The summed E-state index contributed by atoms with van der Waals surface area (Å²) < 4.78 is 28.8. The fraction of sp³-hybridized carbons (Fsp3) is 0.333. The zero-order valence-electron chi connectivity index (χ0n) is 26.1. The van der Waals surface area contributed by atoms with Gasteiger partial charge in [0.05, 0.1) is 25.5 Å². The number of fused-ring (bicyclic) bond motifs is 1. The summed E-state index contributed by atoms with van der Waals surface area (Å²) in [4.78, 5) is 43.2. The molecule has 0 saturated heterocycles. The molecule has 222 valence electrons. The molecule has 0 aliphatic carbocycles. The Morgan fingerprint density at radius 3 is 1.90 bits per heavy atom. The standard InChI is InChI=1S/C11H10O3S.C9H9FO2.C6H12O2S.CH2O3.2Cs.H/c1-6-3-9-7(4-8(6)14-2)5-10(15-9)11(12)13;1-6-3-8(10)7(5-11)4-9(6)12-2;1-6(2,3)8-5(7)4-9;2-1-4-3;;;/h3-5H,1-2H3,(H,12,13);3-5H,1-2H3;9H,4H2,1-3H3;1,3H;;;/q;;;;2*+1;-1/p-1. The molecule has 1 aromatic heterocycles. The topological polar surface area (TPSA) is 148 Å². The van der Waals surface area contributed by atoms with Crippen molar-refractivity contribution in [2.24, 2.45) is 0 Å². The molecule has 0 unspecified atom stereocenters. The fourth-order valence-electron chi connectivity index (χ4n) is 2.85. The molecule has 3 aromatic rings. The third kappa shape index (κ3) is 18.4. The largest absolute Gasteiger partial charge is 1.00 e. The first-order valence-electron chi connectivity index (χ1n) is 11.3. The average Bonchev–Trinajstić information content (AvgIpc) is 3.31. The van der Waals surface area contributed by atoms with E-state index < -0.39 is 11.8 Å². The summed E-state index contributed by atoms with van der Waals surface area (Å²) in [5.74, 6) is -0.199. The molecule has 1 heterocycles. The second kappa shape index (κ2) is 24.6. The van der Waals surface area contributed by atoms with Gasteiger partial charge in [0.15, 0.2) is 6.29 Å². The van der Waals surface area contributed by atoms with Gasteiger partial charge in [-0.1, -0.05) is 0 Å². The second-order valence-electron chi connectivity index (χ2n) is 8.67. The van der Waals surface area contributed by atoms with Crippen LogP contribution in [-0.2, 0) is 19.2 Å². The number of aromatic carboxylic acids is 1. The molecule has 1 N–H and O–H groups in total. The molecule has 0 bridgehead atoms. The summed E-state index contributed by atoms with van der Waals surface area (Å²) in [6.45, 7) is 8.96. The predicted molar refractivity (Wildman–Crippen MR) is 151 cm³/mol. The first-order chi connectivity index (χ1) is 18.7. The molecule has 3 rings (SSSR count). The van der Waals surface area contributed by atoms with Crippen molar-refractivity contribution in [1.82, 2.24) is 0 Å². The summed E-state index contributed by atoms with van der Waals surface area (Å²) in [5.41, 5.74) is 1.35. The van der Waals surface area contributed by atoms with Crippen LogP contribution in [0, 0.1) is 19.7 Å². The molecular weight excluding hydrogens is 833 g/mol. The van der Waals surface area contributed by atoms with E-state index in [0.29, 0.717) is 22.5 Å². The Bertz CT molecular complexity index is 1300. The maximum atomic E-state index is 12.9. The van der Waals surface area contributed by atoms with Crippen molar-refractivity contribution in [3.63, 3.8) is 0 Å². The molecule has 0 amide bonds. The molecule has 0 aliphatic rings. The smallest absolute Gasteiger partial charge is 1.00 e. The van der Waals surface area contributed by atoms with Crippen molar-refractivity contribution in [3.05, 3.63) is 57.7 Å². The predicted octanol–water partition coefficient (Wildman–Crippen LogP) is -1.32. The minimum Gasteiger partial charge on any atom is -1.00 e. The summed E-state index contributed by atoms with van der Waals surface area (Å²) in [5, 5.41) is 18.2. The molecule has 2 aromatic carbocycles. The molecular formula is C27H33Cs2FO10S2. The van der Waals surface area contributed by atoms with Gasteiger partial charge >= 0.3 is 150 Å². The Morgan fingerprint density at radius 2 is 1.52 bits per heavy atom. The number of hydrogen-bond acceptors (Lipinski definition) is 11. The minimum atomic E-state index is -0.882. The zero-order chi connectivity index (χ0) is 31.0. The first-order valence-corrected chi connectivity index (χ1v) is 12.8. The van der Waals surface area contributed by atoms with Crippen molar-refractivity contribution in [2.75, 3.05) is 20.0 Å². The van der Waals surface area contributed by atoms with Gasteiger partial charge in [-0.25, -0.2) is 9.18 Å². The molecule has 0 saturated carbocycles. The van der Waals surface area contributed by atoms with Crippen molar-refractivity contribution in [3.8, 4) is 11.5 Å². The van der Waals surface area contributed by atoms with E-state index in [1.165, 1.54) is 30.6 Å². The van der Waals surface area contributed by atoms with Crippen LogP contribution in [-0.4, -0.2) is 55.4 Å². The van der Waals surface area contributed by atoms with E-state index in [9.17, 15) is 18.8 Å². The number of rotatable bonds is 6. The van der Waals surface area contributed by atoms with Crippen molar-refractivity contribution in [1.29, 1.82) is 0 Å². The summed E-state index contributed by atoms with van der Waals surface area (Å²) in [6, 6.07) is 8.16. The van der Waals surface area contributed by atoms with Crippen LogP contribution in [0.4, 0.5) is 4.39 Å². The molecule has 0 fully saturated rings. The van der Waals surface area contributed by atoms with E-state index in [4.69, 9.17) is 29.4 Å². The number of halogens is 1. The van der Waals surface area contributed by atoms with E-state index in [0.717, 1.165) is 21.4 Å². The van der Waals surface area contributed by atoms with Crippen molar-refractivity contribution in [2.45, 2.75) is 40.2 Å². The van der Waals surface area contributed by atoms with E-state index in [1.807, 2.05) is 39.8 Å². The van der Waals surface area contributed by atoms with Crippen LogP contribution in [0.1, 0.15) is 53.4 Å².